The summed E-state index contributed by atoms with van der Waals surface area (Å²) in [5.74, 6) is 0.589. The van der Waals surface area contributed by atoms with Crippen LogP contribution in [-0.2, 0) is 17.8 Å². The smallest absolute Gasteiger partial charge is 0.287 e. The number of nitrogens with one attached hydrogen (secondary N) is 2. The van der Waals surface area contributed by atoms with Crippen LogP contribution >= 0.6 is 12.4 Å². The molecule has 3 heterocycles. The molecule has 2 aliphatic heterocycles. The summed E-state index contributed by atoms with van der Waals surface area (Å²) in [6.45, 7) is 2.97. The molecular weight excluding hydrogens is 366 g/mol. The van der Waals surface area contributed by atoms with Crippen molar-refractivity contribution in [3.05, 3.63) is 53.5 Å². The molecule has 0 saturated carbocycles. The maximum Gasteiger partial charge on any atom is 0.287 e. The average Bonchev–Trinajstić information content (AvgIpc) is 3.26. The number of hydrogen-bond acceptors (Lipinski definition) is 4. The van der Waals surface area contributed by atoms with Crippen LogP contribution in [0.3, 0.4) is 0 Å². The second-order valence-corrected chi connectivity index (χ2v) is 6.98. The fourth-order valence-electron chi connectivity index (χ4n) is 3.73. The summed E-state index contributed by atoms with van der Waals surface area (Å²) >= 11 is 0. The van der Waals surface area contributed by atoms with E-state index >= 15 is 0 Å². The molecule has 2 N–H and O–H groups in total. The van der Waals surface area contributed by atoms with E-state index in [1.54, 1.807) is 11.0 Å². The van der Waals surface area contributed by atoms with Gasteiger partial charge < -0.3 is 20.0 Å². The number of carbonyl (C=O) groups excluding carboxylic acids is 2. The molecule has 1 atom stereocenters. The molecular formula is C20H24ClN3O3. The summed E-state index contributed by atoms with van der Waals surface area (Å²) in [7, 11) is 0. The third kappa shape index (κ3) is 4.17. The summed E-state index contributed by atoms with van der Waals surface area (Å²) in [6, 6.07) is 9.54. The molecule has 6 nitrogen and oxygen atoms in total. The second-order valence-electron chi connectivity index (χ2n) is 6.98. The molecule has 144 valence electrons. The lowest BCUT2D eigenvalue weighted by molar-refractivity contribution is -0.117. The lowest BCUT2D eigenvalue weighted by Crippen LogP contribution is -2.38. The fraction of sp³-hybridized carbons (Fsp3) is 0.400. The molecule has 2 aliphatic rings. The van der Waals surface area contributed by atoms with Crippen molar-refractivity contribution in [2.24, 2.45) is 5.92 Å². The third-order valence-corrected chi connectivity index (χ3v) is 5.16. The molecule has 0 spiro atoms. The van der Waals surface area contributed by atoms with Gasteiger partial charge in [0.15, 0.2) is 5.76 Å². The molecule has 2 amide bonds. The van der Waals surface area contributed by atoms with Crippen LogP contribution in [0.25, 0.3) is 0 Å². The van der Waals surface area contributed by atoms with Crippen molar-refractivity contribution in [3.63, 3.8) is 0 Å². The quantitative estimate of drug-likeness (QED) is 0.824. The van der Waals surface area contributed by atoms with E-state index in [1.807, 2.05) is 24.3 Å². The molecule has 1 saturated heterocycles. The highest BCUT2D eigenvalue weighted by molar-refractivity contribution is 6.01. The molecule has 1 aromatic heterocycles. The van der Waals surface area contributed by atoms with Gasteiger partial charge in [0, 0.05) is 17.8 Å². The number of benzene rings is 1. The zero-order chi connectivity index (χ0) is 17.9. The SMILES string of the molecule is Cl.O=C(NCC1CCCNC1)c1occc1CN1C(=O)Cc2ccccc21. The number of amides is 2. The number of anilines is 1. The van der Waals surface area contributed by atoms with E-state index < -0.39 is 0 Å². The highest BCUT2D eigenvalue weighted by atomic mass is 35.5. The molecule has 1 fully saturated rings. The first-order valence-electron chi connectivity index (χ1n) is 9.16. The molecule has 0 bridgehead atoms. The Labute approximate surface area is 164 Å². The Morgan fingerprint density at radius 2 is 2.15 bits per heavy atom. The van der Waals surface area contributed by atoms with Crippen LogP contribution in [-0.4, -0.2) is 31.4 Å². The molecule has 27 heavy (non-hydrogen) atoms. The number of furan rings is 1. The highest BCUT2D eigenvalue weighted by Gasteiger charge is 2.29. The van der Waals surface area contributed by atoms with Gasteiger partial charge in [0.1, 0.15) is 0 Å². The first kappa shape index (κ1) is 19.5. The summed E-state index contributed by atoms with van der Waals surface area (Å²) in [5.41, 5.74) is 2.67. The number of para-hydroxylation sites is 1. The molecule has 7 heteroatoms. The largest absolute Gasteiger partial charge is 0.459 e. The van der Waals surface area contributed by atoms with Gasteiger partial charge in [0.05, 0.1) is 19.2 Å². The first-order valence-corrected chi connectivity index (χ1v) is 9.16. The predicted octanol–water partition coefficient (Wildman–Crippen LogP) is 2.52. The van der Waals surface area contributed by atoms with E-state index in [1.165, 1.54) is 6.26 Å². The lowest BCUT2D eigenvalue weighted by atomic mass is 10.00. The number of piperidine rings is 1. The summed E-state index contributed by atoms with van der Waals surface area (Å²) < 4.78 is 5.43. The van der Waals surface area contributed by atoms with Gasteiger partial charge in [-0.3, -0.25) is 9.59 Å². The van der Waals surface area contributed by atoms with Crippen LogP contribution in [0.1, 0.15) is 34.5 Å². The van der Waals surface area contributed by atoms with Crippen LogP contribution in [0, 0.1) is 5.92 Å². The Kier molecular flexibility index (Phi) is 6.19. The highest BCUT2D eigenvalue weighted by Crippen LogP contribution is 2.30. The Bertz CT molecular complexity index is 814. The van der Waals surface area contributed by atoms with Gasteiger partial charge in [0.2, 0.25) is 5.91 Å². The average molecular weight is 390 g/mol. The molecule has 1 aromatic carbocycles. The van der Waals surface area contributed by atoms with Gasteiger partial charge >= 0.3 is 0 Å². The monoisotopic (exact) mass is 389 g/mol. The number of rotatable bonds is 5. The standard InChI is InChI=1S/C20H23N3O3.ClH/c24-18-10-15-5-1-2-6-17(15)23(18)13-16-7-9-26-19(16)20(25)22-12-14-4-3-8-21-11-14;/h1-2,5-7,9,14,21H,3-4,8,10-13H2,(H,22,25);1H. The zero-order valence-electron chi connectivity index (χ0n) is 15.1. The Hall–Kier alpha value is -2.31. The van der Waals surface area contributed by atoms with E-state index in [4.69, 9.17) is 4.42 Å². The summed E-state index contributed by atoms with van der Waals surface area (Å²) in [4.78, 5) is 26.6. The van der Waals surface area contributed by atoms with E-state index in [0.717, 1.165) is 42.7 Å². The first-order chi connectivity index (χ1) is 12.7. The molecule has 0 radical (unpaired) electrons. The van der Waals surface area contributed by atoms with Crippen LogP contribution in [0.15, 0.2) is 41.0 Å². The van der Waals surface area contributed by atoms with Crippen LogP contribution in [0.4, 0.5) is 5.69 Å². The van der Waals surface area contributed by atoms with Crippen molar-refractivity contribution in [1.29, 1.82) is 0 Å². The van der Waals surface area contributed by atoms with Crippen molar-refractivity contribution < 1.29 is 14.0 Å². The van der Waals surface area contributed by atoms with Gasteiger partial charge in [-0.1, -0.05) is 18.2 Å². The van der Waals surface area contributed by atoms with Crippen molar-refractivity contribution in [1.82, 2.24) is 10.6 Å². The van der Waals surface area contributed by atoms with E-state index in [9.17, 15) is 9.59 Å². The van der Waals surface area contributed by atoms with Gasteiger partial charge in [-0.05, 0) is 49.5 Å². The van der Waals surface area contributed by atoms with Gasteiger partial charge in [-0.15, -0.1) is 12.4 Å². The van der Waals surface area contributed by atoms with Gasteiger partial charge in [0.25, 0.3) is 5.91 Å². The number of nitrogens with zero attached hydrogens (tertiary/aromatic N) is 1. The van der Waals surface area contributed by atoms with E-state index in [2.05, 4.69) is 10.6 Å². The number of carbonyl (C=O) groups is 2. The molecule has 1 unspecified atom stereocenters. The predicted molar refractivity (Wildman–Crippen MR) is 105 cm³/mol. The minimum Gasteiger partial charge on any atom is -0.459 e. The number of halogens is 1. The number of fused-ring (bicyclic) bond motifs is 1. The normalized spacial score (nSPS) is 18.7. The topological polar surface area (TPSA) is 74.6 Å². The van der Waals surface area contributed by atoms with Crippen molar-refractivity contribution in [2.45, 2.75) is 25.8 Å². The third-order valence-electron chi connectivity index (χ3n) is 5.16. The molecule has 4 rings (SSSR count). The van der Waals surface area contributed by atoms with Crippen molar-refractivity contribution >= 4 is 29.9 Å². The van der Waals surface area contributed by atoms with Crippen molar-refractivity contribution in [3.8, 4) is 0 Å². The van der Waals surface area contributed by atoms with Crippen LogP contribution in [0.2, 0.25) is 0 Å². The Morgan fingerprint density at radius 3 is 2.96 bits per heavy atom. The summed E-state index contributed by atoms with van der Waals surface area (Å²) in [5, 5.41) is 6.32. The van der Waals surface area contributed by atoms with Gasteiger partial charge in [-0.2, -0.15) is 0 Å². The second kappa shape index (κ2) is 8.59. The Morgan fingerprint density at radius 1 is 1.30 bits per heavy atom. The van der Waals surface area contributed by atoms with Crippen LogP contribution in [0.5, 0.6) is 0 Å². The Balaban J connectivity index is 0.00000210. The minimum absolute atomic E-state index is 0. The summed E-state index contributed by atoms with van der Waals surface area (Å²) in [6.07, 6.45) is 4.18. The van der Waals surface area contributed by atoms with Crippen LogP contribution < -0.4 is 15.5 Å². The van der Waals surface area contributed by atoms with Gasteiger partial charge in [-0.25, -0.2) is 0 Å². The maximum absolute atomic E-state index is 12.5. The van der Waals surface area contributed by atoms with E-state index in [-0.39, 0.29) is 24.2 Å². The van der Waals surface area contributed by atoms with E-state index in [0.29, 0.717) is 31.2 Å². The minimum atomic E-state index is -0.212. The fourth-order valence-corrected chi connectivity index (χ4v) is 3.73. The lowest BCUT2D eigenvalue weighted by Gasteiger charge is -2.22. The zero-order valence-corrected chi connectivity index (χ0v) is 15.9. The maximum atomic E-state index is 12.5. The van der Waals surface area contributed by atoms with Crippen molar-refractivity contribution in [2.75, 3.05) is 24.5 Å². The molecule has 0 aliphatic carbocycles. The number of hydrogen-bond donors (Lipinski definition) is 2. The molecule has 2 aromatic rings.